The molecule has 2 aromatic rings. The summed E-state index contributed by atoms with van der Waals surface area (Å²) in [5, 5.41) is 9.37. The number of hydrogen-bond acceptors (Lipinski definition) is 3. The maximum atomic E-state index is 10.8. The Morgan fingerprint density at radius 2 is 2.21 bits per heavy atom. The highest BCUT2D eigenvalue weighted by Crippen LogP contribution is 2.33. The van der Waals surface area contributed by atoms with Crippen LogP contribution in [0.25, 0.3) is 0 Å². The summed E-state index contributed by atoms with van der Waals surface area (Å²) in [7, 11) is 0. The van der Waals surface area contributed by atoms with Crippen LogP contribution in [0.1, 0.15) is 20.1 Å². The van der Waals surface area contributed by atoms with Gasteiger partial charge >= 0.3 is 5.97 Å². The Hall–Kier alpha value is -1.04. The van der Waals surface area contributed by atoms with E-state index in [1.165, 1.54) is 11.3 Å². The van der Waals surface area contributed by atoms with E-state index >= 15 is 0 Å². The molecular formula is C13H10BrClO3S. The minimum atomic E-state index is -0.922. The first-order valence-corrected chi connectivity index (χ1v) is 7.36. The number of hydrogen-bond donors (Lipinski definition) is 1. The summed E-state index contributed by atoms with van der Waals surface area (Å²) < 4.78 is 6.56. The van der Waals surface area contributed by atoms with Crippen LogP contribution < -0.4 is 4.74 Å². The molecule has 3 nitrogen and oxygen atoms in total. The first-order valence-electron chi connectivity index (χ1n) is 5.38. The van der Waals surface area contributed by atoms with Crippen molar-refractivity contribution in [2.45, 2.75) is 13.5 Å². The van der Waals surface area contributed by atoms with E-state index in [2.05, 4.69) is 15.9 Å². The van der Waals surface area contributed by atoms with Crippen molar-refractivity contribution < 1.29 is 14.6 Å². The fourth-order valence-corrected chi connectivity index (χ4v) is 3.37. The second kappa shape index (κ2) is 5.94. The highest BCUT2D eigenvalue weighted by molar-refractivity contribution is 9.10. The van der Waals surface area contributed by atoms with Crippen molar-refractivity contribution >= 4 is 44.8 Å². The Morgan fingerprint density at radius 1 is 1.47 bits per heavy atom. The third-order valence-corrected chi connectivity index (χ3v) is 4.21. The third kappa shape index (κ3) is 3.49. The maximum Gasteiger partial charge on any atom is 0.345 e. The zero-order valence-corrected chi connectivity index (χ0v) is 13.1. The third-order valence-electron chi connectivity index (χ3n) is 2.43. The molecule has 0 saturated carbocycles. The largest absolute Gasteiger partial charge is 0.486 e. The topological polar surface area (TPSA) is 46.5 Å². The predicted octanol–water partition coefficient (Wildman–Crippen LogP) is 4.75. The number of aryl methyl sites for hydroxylation is 1. The summed E-state index contributed by atoms with van der Waals surface area (Å²) in [5.41, 5.74) is 0.925. The van der Waals surface area contributed by atoms with Crippen molar-refractivity contribution in [3.8, 4) is 5.75 Å². The summed E-state index contributed by atoms with van der Waals surface area (Å²) in [6.07, 6.45) is 0. The number of halogens is 2. The fourth-order valence-electron chi connectivity index (χ4n) is 1.59. The van der Waals surface area contributed by atoms with Gasteiger partial charge in [0.1, 0.15) is 17.2 Å². The molecule has 0 bridgehead atoms. The Bertz CT molecular complexity index is 601. The van der Waals surface area contributed by atoms with E-state index in [4.69, 9.17) is 21.4 Å². The molecule has 1 heterocycles. The highest BCUT2D eigenvalue weighted by atomic mass is 79.9. The van der Waals surface area contributed by atoms with E-state index in [-0.39, 0.29) is 0 Å². The Labute approximate surface area is 127 Å². The van der Waals surface area contributed by atoms with Gasteiger partial charge in [-0.1, -0.05) is 27.5 Å². The number of aromatic carboxylic acids is 1. The van der Waals surface area contributed by atoms with E-state index in [0.29, 0.717) is 22.3 Å². The highest BCUT2D eigenvalue weighted by Gasteiger charge is 2.10. The molecule has 0 aliphatic rings. The van der Waals surface area contributed by atoms with Gasteiger partial charge in [-0.25, -0.2) is 4.79 Å². The monoisotopic (exact) mass is 360 g/mol. The molecule has 0 amide bonds. The molecule has 100 valence electrons. The fraction of sp³-hybridized carbons (Fsp3) is 0.154. The van der Waals surface area contributed by atoms with Gasteiger partial charge in [0.25, 0.3) is 0 Å². The van der Waals surface area contributed by atoms with E-state index in [0.717, 1.165) is 14.9 Å². The van der Waals surface area contributed by atoms with Crippen LogP contribution in [-0.4, -0.2) is 11.1 Å². The number of carbonyl (C=O) groups is 1. The number of carboxylic acid groups (broad SMARTS) is 1. The minimum Gasteiger partial charge on any atom is -0.486 e. The number of benzene rings is 1. The van der Waals surface area contributed by atoms with E-state index in [1.54, 1.807) is 18.2 Å². The molecule has 6 heteroatoms. The van der Waals surface area contributed by atoms with Crippen LogP contribution in [0.15, 0.2) is 28.7 Å². The molecule has 0 aliphatic carbocycles. The van der Waals surface area contributed by atoms with Crippen molar-refractivity contribution in [2.75, 3.05) is 0 Å². The van der Waals surface area contributed by atoms with Gasteiger partial charge in [-0.3, -0.25) is 0 Å². The van der Waals surface area contributed by atoms with Gasteiger partial charge in [0.05, 0.1) is 5.02 Å². The lowest BCUT2D eigenvalue weighted by atomic mass is 10.2. The second-order valence-electron chi connectivity index (χ2n) is 3.89. The summed E-state index contributed by atoms with van der Waals surface area (Å²) in [6, 6.07) is 7.00. The van der Waals surface area contributed by atoms with Gasteiger partial charge in [-0.15, -0.1) is 11.3 Å². The lowest BCUT2D eigenvalue weighted by Crippen LogP contribution is -1.96. The van der Waals surface area contributed by atoms with E-state index in [9.17, 15) is 4.79 Å². The molecule has 1 N–H and O–H groups in total. The lowest BCUT2D eigenvalue weighted by molar-refractivity contribution is 0.0702. The predicted molar refractivity (Wildman–Crippen MR) is 79.5 cm³/mol. The average molecular weight is 362 g/mol. The molecule has 1 aromatic carbocycles. The normalized spacial score (nSPS) is 10.5. The molecular weight excluding hydrogens is 352 g/mol. The lowest BCUT2D eigenvalue weighted by Gasteiger charge is -2.10. The van der Waals surface area contributed by atoms with Crippen LogP contribution in [0.2, 0.25) is 5.02 Å². The smallest absolute Gasteiger partial charge is 0.345 e. The molecule has 1 aromatic heterocycles. The average Bonchev–Trinajstić information content (AvgIpc) is 2.76. The van der Waals surface area contributed by atoms with Gasteiger partial charge in [-0.05, 0) is 36.8 Å². The zero-order valence-electron chi connectivity index (χ0n) is 9.94. The SMILES string of the molecule is Cc1cc(Br)cc(Cl)c1OCc1ccc(C(=O)O)s1. The van der Waals surface area contributed by atoms with E-state index < -0.39 is 5.97 Å². The first-order chi connectivity index (χ1) is 8.97. The molecule has 0 spiro atoms. The molecule has 19 heavy (non-hydrogen) atoms. The first kappa shape index (κ1) is 14.4. The van der Waals surface area contributed by atoms with Crippen molar-refractivity contribution in [3.63, 3.8) is 0 Å². The number of carboxylic acids is 1. The van der Waals surface area contributed by atoms with Gasteiger partial charge < -0.3 is 9.84 Å². The molecule has 0 aliphatic heterocycles. The van der Waals surface area contributed by atoms with Crippen molar-refractivity contribution in [1.29, 1.82) is 0 Å². The van der Waals surface area contributed by atoms with Crippen molar-refractivity contribution in [2.24, 2.45) is 0 Å². The van der Waals surface area contributed by atoms with Crippen LogP contribution >= 0.6 is 38.9 Å². The molecule has 0 fully saturated rings. The van der Waals surface area contributed by atoms with Crippen molar-refractivity contribution in [3.05, 3.63) is 49.1 Å². The summed E-state index contributed by atoms with van der Waals surface area (Å²) in [5.74, 6) is -0.302. The van der Waals surface area contributed by atoms with Crippen LogP contribution in [-0.2, 0) is 6.61 Å². The maximum absolute atomic E-state index is 10.8. The molecule has 0 saturated heterocycles. The standard InChI is InChI=1S/C13H10BrClO3S/c1-7-4-8(14)5-10(15)12(7)18-6-9-2-3-11(19-9)13(16)17/h2-5H,6H2,1H3,(H,16,17). The Morgan fingerprint density at radius 3 is 2.79 bits per heavy atom. The Balaban J connectivity index is 2.12. The number of ether oxygens (including phenoxy) is 1. The minimum absolute atomic E-state index is 0.303. The van der Waals surface area contributed by atoms with Crippen LogP contribution in [0, 0.1) is 6.92 Å². The molecule has 2 rings (SSSR count). The quantitative estimate of drug-likeness (QED) is 0.855. The zero-order chi connectivity index (χ0) is 14.0. The molecule has 0 atom stereocenters. The summed E-state index contributed by atoms with van der Waals surface area (Å²) in [4.78, 5) is 11.9. The molecule has 0 unspecified atom stereocenters. The number of thiophene rings is 1. The van der Waals surface area contributed by atoms with Crippen molar-refractivity contribution in [1.82, 2.24) is 0 Å². The van der Waals surface area contributed by atoms with Crippen LogP contribution in [0.5, 0.6) is 5.75 Å². The van der Waals surface area contributed by atoms with Gasteiger partial charge in [0.2, 0.25) is 0 Å². The summed E-state index contributed by atoms with van der Waals surface area (Å²) >= 11 is 10.7. The second-order valence-corrected chi connectivity index (χ2v) is 6.38. The van der Waals surface area contributed by atoms with Gasteiger partial charge in [0, 0.05) is 9.35 Å². The van der Waals surface area contributed by atoms with Crippen LogP contribution in [0.4, 0.5) is 0 Å². The van der Waals surface area contributed by atoms with Crippen LogP contribution in [0.3, 0.4) is 0 Å². The molecule has 0 radical (unpaired) electrons. The number of rotatable bonds is 4. The van der Waals surface area contributed by atoms with Gasteiger partial charge in [-0.2, -0.15) is 0 Å². The van der Waals surface area contributed by atoms with E-state index in [1.807, 2.05) is 13.0 Å². The summed E-state index contributed by atoms with van der Waals surface area (Å²) in [6.45, 7) is 2.21. The Kier molecular flexibility index (Phi) is 4.50. The van der Waals surface area contributed by atoms with Gasteiger partial charge in [0.15, 0.2) is 0 Å².